The summed E-state index contributed by atoms with van der Waals surface area (Å²) in [6.07, 6.45) is 0.649. The molecule has 2 atom stereocenters. The Morgan fingerprint density at radius 3 is 2.50 bits per heavy atom. The molecule has 4 nitrogen and oxygen atoms in total. The van der Waals surface area contributed by atoms with Crippen LogP contribution in [-0.4, -0.2) is 40.0 Å². The Kier molecular flexibility index (Phi) is 4.64. The second kappa shape index (κ2) is 6.30. The van der Waals surface area contributed by atoms with Crippen LogP contribution in [0.3, 0.4) is 0 Å². The second-order valence-electron chi connectivity index (χ2n) is 7.24. The molecule has 1 heterocycles. The Bertz CT molecular complexity index is 609. The van der Waals surface area contributed by atoms with E-state index in [4.69, 9.17) is 4.74 Å². The van der Waals surface area contributed by atoms with Crippen LogP contribution in [0.25, 0.3) is 0 Å². The molecular formula is C18H23BrFNO3. The van der Waals surface area contributed by atoms with E-state index in [2.05, 4.69) is 15.9 Å². The lowest BCUT2D eigenvalue weighted by Gasteiger charge is -2.40. The van der Waals surface area contributed by atoms with Crippen molar-refractivity contribution in [3.05, 3.63) is 34.3 Å². The number of hydrogen-bond acceptors (Lipinski definition) is 3. The van der Waals surface area contributed by atoms with Gasteiger partial charge in [0.05, 0.1) is 18.7 Å². The fourth-order valence-corrected chi connectivity index (χ4v) is 3.95. The molecule has 2 unspecified atom stereocenters. The number of halogens is 2. The van der Waals surface area contributed by atoms with Gasteiger partial charge in [0.2, 0.25) is 0 Å². The monoisotopic (exact) mass is 399 g/mol. The topological polar surface area (TPSA) is 49.8 Å². The average molecular weight is 400 g/mol. The first kappa shape index (κ1) is 17.7. The van der Waals surface area contributed by atoms with Crippen LogP contribution < -0.4 is 0 Å². The van der Waals surface area contributed by atoms with Crippen molar-refractivity contribution < 1.29 is 19.0 Å². The van der Waals surface area contributed by atoms with Crippen LogP contribution in [0.5, 0.6) is 0 Å². The number of ether oxygens (including phenoxy) is 1. The van der Waals surface area contributed by atoms with Gasteiger partial charge in [-0.15, -0.1) is 0 Å². The number of amides is 1. The molecule has 1 spiro atoms. The smallest absolute Gasteiger partial charge is 0.410 e. The van der Waals surface area contributed by atoms with Gasteiger partial charge in [-0.1, -0.05) is 28.1 Å². The molecule has 1 saturated heterocycles. The van der Waals surface area contributed by atoms with Crippen LogP contribution >= 0.6 is 15.9 Å². The Balaban J connectivity index is 1.70. The predicted octanol–water partition coefficient (Wildman–Crippen LogP) is 4.36. The van der Waals surface area contributed by atoms with Crippen LogP contribution in [0, 0.1) is 0 Å². The van der Waals surface area contributed by atoms with E-state index in [0.29, 0.717) is 25.7 Å². The van der Waals surface area contributed by atoms with Crippen molar-refractivity contribution >= 4 is 22.0 Å². The number of carbonyl (C=O) groups is 1. The van der Waals surface area contributed by atoms with Gasteiger partial charge in [-0.25, -0.2) is 9.18 Å². The molecular weight excluding hydrogens is 377 g/mol. The standard InChI is InChI=1S/C18H23BrFNO3/c1-12-18(9-7-17(2,20)8-10-18)24-16(23)21(12)11-15(22)13-3-5-14(19)6-4-13/h3-6,12,15,22H,7-11H2,1-2H3. The fourth-order valence-electron chi connectivity index (χ4n) is 3.68. The Hall–Kier alpha value is -1.14. The summed E-state index contributed by atoms with van der Waals surface area (Å²) in [7, 11) is 0. The van der Waals surface area contributed by atoms with Gasteiger partial charge >= 0.3 is 6.09 Å². The molecule has 1 aromatic carbocycles. The second-order valence-corrected chi connectivity index (χ2v) is 8.16. The summed E-state index contributed by atoms with van der Waals surface area (Å²) in [6, 6.07) is 7.19. The third-order valence-corrected chi connectivity index (χ3v) is 6.05. The zero-order valence-electron chi connectivity index (χ0n) is 14.0. The van der Waals surface area contributed by atoms with E-state index in [0.717, 1.165) is 10.0 Å². The molecule has 0 aromatic heterocycles. The maximum Gasteiger partial charge on any atom is 0.410 e. The minimum absolute atomic E-state index is 0.175. The molecule has 0 radical (unpaired) electrons. The van der Waals surface area contributed by atoms with Gasteiger partial charge in [0.25, 0.3) is 0 Å². The number of carbonyl (C=O) groups excluding carboxylic acids is 1. The largest absolute Gasteiger partial charge is 0.441 e. The maximum absolute atomic E-state index is 14.1. The number of benzene rings is 1. The van der Waals surface area contributed by atoms with E-state index in [1.165, 1.54) is 0 Å². The quantitative estimate of drug-likeness (QED) is 0.820. The van der Waals surface area contributed by atoms with Crippen molar-refractivity contribution in [1.82, 2.24) is 4.90 Å². The van der Waals surface area contributed by atoms with E-state index in [1.807, 2.05) is 31.2 Å². The molecule has 132 valence electrons. The summed E-state index contributed by atoms with van der Waals surface area (Å²) in [6.45, 7) is 3.72. The molecule has 2 aliphatic rings. The number of alkyl halides is 1. The fraction of sp³-hybridized carbons (Fsp3) is 0.611. The van der Waals surface area contributed by atoms with Gasteiger partial charge in [-0.05, 0) is 57.2 Å². The predicted molar refractivity (Wildman–Crippen MR) is 92.5 cm³/mol. The molecule has 1 amide bonds. The van der Waals surface area contributed by atoms with Gasteiger partial charge in [-0.2, -0.15) is 0 Å². The van der Waals surface area contributed by atoms with Crippen LogP contribution in [0.15, 0.2) is 28.7 Å². The highest BCUT2D eigenvalue weighted by molar-refractivity contribution is 9.10. The first-order chi connectivity index (χ1) is 11.2. The first-order valence-corrected chi connectivity index (χ1v) is 9.14. The summed E-state index contributed by atoms with van der Waals surface area (Å²) in [4.78, 5) is 13.9. The van der Waals surface area contributed by atoms with Gasteiger partial charge in [0.1, 0.15) is 11.3 Å². The van der Waals surface area contributed by atoms with Gasteiger partial charge < -0.3 is 9.84 Å². The van der Waals surface area contributed by atoms with E-state index in [-0.39, 0.29) is 12.6 Å². The lowest BCUT2D eigenvalue weighted by Crippen LogP contribution is -2.48. The molecule has 1 aliphatic heterocycles. The van der Waals surface area contributed by atoms with Crippen LogP contribution in [0.1, 0.15) is 51.2 Å². The summed E-state index contributed by atoms with van der Waals surface area (Å²) in [5, 5.41) is 10.5. The van der Waals surface area contributed by atoms with E-state index in [9.17, 15) is 14.3 Å². The number of hydrogen-bond donors (Lipinski definition) is 1. The van der Waals surface area contributed by atoms with Crippen LogP contribution in [0.2, 0.25) is 0 Å². The zero-order chi connectivity index (χ0) is 17.5. The van der Waals surface area contributed by atoms with Crippen molar-refractivity contribution in [3.63, 3.8) is 0 Å². The minimum Gasteiger partial charge on any atom is -0.441 e. The van der Waals surface area contributed by atoms with Crippen molar-refractivity contribution in [3.8, 4) is 0 Å². The van der Waals surface area contributed by atoms with Crippen molar-refractivity contribution in [2.24, 2.45) is 0 Å². The zero-order valence-corrected chi connectivity index (χ0v) is 15.6. The molecule has 1 N–H and O–H groups in total. The van der Waals surface area contributed by atoms with E-state index in [1.54, 1.807) is 11.8 Å². The Morgan fingerprint density at radius 1 is 1.33 bits per heavy atom. The highest BCUT2D eigenvalue weighted by atomic mass is 79.9. The number of aliphatic hydroxyl groups excluding tert-OH is 1. The lowest BCUT2D eigenvalue weighted by atomic mass is 9.74. The highest BCUT2D eigenvalue weighted by Crippen LogP contribution is 2.46. The van der Waals surface area contributed by atoms with Crippen LogP contribution in [0.4, 0.5) is 9.18 Å². The Labute approximate surface area is 150 Å². The maximum atomic E-state index is 14.1. The normalized spacial score (nSPS) is 34.5. The summed E-state index contributed by atoms with van der Waals surface area (Å²) in [5.41, 5.74) is -1.05. The SMILES string of the molecule is CC1N(CC(O)c2ccc(Br)cc2)C(=O)OC12CCC(C)(F)CC2. The molecule has 2 fully saturated rings. The van der Waals surface area contributed by atoms with Gasteiger partial charge in [0, 0.05) is 4.47 Å². The summed E-state index contributed by atoms with van der Waals surface area (Å²) < 4.78 is 20.7. The molecule has 1 saturated carbocycles. The third-order valence-electron chi connectivity index (χ3n) is 5.52. The van der Waals surface area contributed by atoms with Crippen molar-refractivity contribution in [1.29, 1.82) is 0 Å². The lowest BCUT2D eigenvalue weighted by molar-refractivity contribution is -0.0367. The minimum atomic E-state index is -1.18. The van der Waals surface area contributed by atoms with Crippen molar-refractivity contribution in [2.75, 3.05) is 6.54 Å². The Morgan fingerprint density at radius 2 is 1.92 bits per heavy atom. The summed E-state index contributed by atoms with van der Waals surface area (Å²) in [5.74, 6) is 0. The number of β-amino-alcohol motifs (C(OH)–C–C–N with tert-alkyl or cyclic N) is 1. The number of nitrogens with zero attached hydrogens (tertiary/aromatic N) is 1. The molecule has 3 rings (SSSR count). The van der Waals surface area contributed by atoms with Gasteiger partial charge in [0.15, 0.2) is 0 Å². The van der Waals surface area contributed by atoms with Gasteiger partial charge in [-0.3, -0.25) is 4.90 Å². The van der Waals surface area contributed by atoms with E-state index < -0.39 is 23.5 Å². The number of rotatable bonds is 3. The first-order valence-electron chi connectivity index (χ1n) is 8.35. The molecule has 1 aliphatic carbocycles. The third kappa shape index (κ3) is 3.31. The van der Waals surface area contributed by atoms with Crippen LogP contribution in [-0.2, 0) is 4.74 Å². The molecule has 24 heavy (non-hydrogen) atoms. The number of aliphatic hydroxyl groups is 1. The average Bonchev–Trinajstić information content (AvgIpc) is 2.76. The molecule has 0 bridgehead atoms. The highest BCUT2D eigenvalue weighted by Gasteiger charge is 2.54. The summed E-state index contributed by atoms with van der Waals surface area (Å²) >= 11 is 3.36. The molecule has 6 heteroatoms. The van der Waals surface area contributed by atoms with Crippen molar-refractivity contribution in [2.45, 2.75) is 62.9 Å². The molecule has 1 aromatic rings. The van der Waals surface area contributed by atoms with E-state index >= 15 is 0 Å².